The van der Waals surface area contributed by atoms with Gasteiger partial charge in [0.05, 0.1) is 10.0 Å². The lowest BCUT2D eigenvalue weighted by Gasteiger charge is -2.42. The van der Waals surface area contributed by atoms with Gasteiger partial charge in [0.1, 0.15) is 23.3 Å². The molecule has 2 fully saturated rings. The normalized spacial score (nSPS) is 19.6. The highest BCUT2D eigenvalue weighted by Gasteiger charge is 2.28. The smallest absolute Gasteiger partial charge is 0.147 e. The van der Waals surface area contributed by atoms with Crippen LogP contribution in [0.15, 0.2) is 60.0 Å². The molecule has 2 aromatic rings. The van der Waals surface area contributed by atoms with E-state index in [0.717, 1.165) is 44.8 Å². The van der Waals surface area contributed by atoms with Crippen molar-refractivity contribution in [1.29, 1.82) is 0 Å². The lowest BCUT2D eigenvalue weighted by molar-refractivity contribution is 0.297. The Hall–Kier alpha value is -2.77. The number of pyridine rings is 1. The van der Waals surface area contributed by atoms with E-state index in [9.17, 15) is 4.39 Å². The van der Waals surface area contributed by atoms with Crippen molar-refractivity contribution in [2.24, 2.45) is 10.7 Å². The van der Waals surface area contributed by atoms with E-state index in [1.165, 1.54) is 12.1 Å². The number of piperazine rings is 1. The molecule has 0 saturated carbocycles. The summed E-state index contributed by atoms with van der Waals surface area (Å²) in [7, 11) is 0. The lowest BCUT2D eigenvalue weighted by atomic mass is 10.1. The van der Waals surface area contributed by atoms with Gasteiger partial charge in [0.2, 0.25) is 0 Å². The summed E-state index contributed by atoms with van der Waals surface area (Å²) < 4.78 is 14.0. The number of rotatable bonds is 5. The molecule has 180 valence electrons. The molecule has 1 aromatic heterocycles. The fourth-order valence-corrected chi connectivity index (χ4v) is 4.71. The van der Waals surface area contributed by atoms with Crippen molar-refractivity contribution in [3.63, 3.8) is 0 Å². The highest BCUT2D eigenvalue weighted by atomic mass is 35.5. The summed E-state index contributed by atoms with van der Waals surface area (Å²) >= 11 is 12.2. The van der Waals surface area contributed by atoms with Gasteiger partial charge < -0.3 is 20.4 Å². The predicted molar refractivity (Wildman–Crippen MR) is 139 cm³/mol. The van der Waals surface area contributed by atoms with E-state index in [-0.39, 0.29) is 11.1 Å². The molecule has 0 amide bonds. The Bertz CT molecular complexity index is 1110. The Labute approximate surface area is 210 Å². The zero-order valence-electron chi connectivity index (χ0n) is 19.2. The average molecular weight is 503 g/mol. The van der Waals surface area contributed by atoms with Gasteiger partial charge in [-0.3, -0.25) is 0 Å². The fourth-order valence-electron chi connectivity index (χ4n) is 4.36. The summed E-state index contributed by atoms with van der Waals surface area (Å²) in [6.07, 6.45) is 5.81. The highest BCUT2D eigenvalue weighted by molar-refractivity contribution is 6.33. The Balaban J connectivity index is 1.62. The molecular weight excluding hydrogens is 474 g/mol. The van der Waals surface area contributed by atoms with Crippen LogP contribution >= 0.6 is 23.2 Å². The number of aromatic nitrogens is 1. The molecule has 0 bridgehead atoms. The van der Waals surface area contributed by atoms with Crippen LogP contribution in [0.4, 0.5) is 10.2 Å². The van der Waals surface area contributed by atoms with Crippen molar-refractivity contribution in [2.45, 2.75) is 25.8 Å². The lowest BCUT2D eigenvalue weighted by Crippen LogP contribution is -2.54. The van der Waals surface area contributed by atoms with Gasteiger partial charge in [-0.1, -0.05) is 35.8 Å². The number of amidine groups is 1. The van der Waals surface area contributed by atoms with Crippen LogP contribution in [0.1, 0.15) is 25.3 Å². The van der Waals surface area contributed by atoms with Crippen LogP contribution in [0.25, 0.3) is 5.70 Å². The minimum absolute atomic E-state index is 0.0609. The second-order valence-electron chi connectivity index (χ2n) is 8.61. The molecule has 1 aromatic carbocycles. The van der Waals surface area contributed by atoms with Crippen molar-refractivity contribution in [3.8, 4) is 0 Å². The van der Waals surface area contributed by atoms with Gasteiger partial charge in [0.15, 0.2) is 0 Å². The van der Waals surface area contributed by atoms with Gasteiger partial charge in [0.25, 0.3) is 0 Å². The van der Waals surface area contributed by atoms with Crippen molar-refractivity contribution in [1.82, 2.24) is 14.8 Å². The quantitative estimate of drug-likeness (QED) is 0.460. The molecule has 0 unspecified atom stereocenters. The van der Waals surface area contributed by atoms with Crippen molar-refractivity contribution >= 4 is 40.6 Å². The summed E-state index contributed by atoms with van der Waals surface area (Å²) in [5.41, 5.74) is 7.35. The largest absolute Gasteiger partial charge is 0.398 e. The third kappa shape index (κ3) is 5.47. The molecule has 3 heterocycles. The summed E-state index contributed by atoms with van der Waals surface area (Å²) in [4.78, 5) is 15.9. The van der Waals surface area contributed by atoms with E-state index in [2.05, 4.69) is 33.2 Å². The number of benzene rings is 1. The first-order valence-electron chi connectivity index (χ1n) is 11.4. The molecule has 0 radical (unpaired) electrons. The Kier molecular flexibility index (Phi) is 7.63. The van der Waals surface area contributed by atoms with Gasteiger partial charge in [-0.05, 0) is 44.0 Å². The Morgan fingerprint density at radius 2 is 1.94 bits per heavy atom. The number of anilines is 1. The van der Waals surface area contributed by atoms with Crippen LogP contribution in [-0.2, 0) is 0 Å². The maximum Gasteiger partial charge on any atom is 0.147 e. The minimum atomic E-state index is -0.510. The van der Waals surface area contributed by atoms with Crippen LogP contribution in [0, 0.1) is 5.82 Å². The zero-order chi connectivity index (χ0) is 24.2. The van der Waals surface area contributed by atoms with Crippen LogP contribution in [0.5, 0.6) is 0 Å². The van der Waals surface area contributed by atoms with Crippen molar-refractivity contribution < 1.29 is 4.39 Å². The molecule has 4 rings (SSSR count). The standard InChI is InChI=1S/C25H29Cl2FN6/c1-17-16-33(25-21(27)6-5-9-30-25)12-13-34(17)24(31-18(2)32-10-3-4-11-32)15-23(29)19-7-8-20(26)22(28)14-19/h5-9,14-15,17H,2-4,10-13,16,29H2,1H3/b23-15-,31-24?/t17-/m0/s1. The van der Waals surface area contributed by atoms with Crippen LogP contribution in [-0.4, -0.2) is 59.4 Å². The first kappa shape index (κ1) is 24.4. The second kappa shape index (κ2) is 10.7. The third-order valence-electron chi connectivity index (χ3n) is 6.21. The number of halogens is 3. The van der Waals surface area contributed by atoms with Crippen molar-refractivity contribution in [2.75, 3.05) is 37.6 Å². The first-order valence-corrected chi connectivity index (χ1v) is 12.2. The molecular formula is C25H29Cl2FN6. The van der Waals surface area contributed by atoms with Gasteiger partial charge >= 0.3 is 0 Å². The fraction of sp³-hybridized carbons (Fsp3) is 0.360. The van der Waals surface area contributed by atoms with E-state index in [1.807, 2.05) is 12.1 Å². The number of hydrogen-bond donors (Lipinski definition) is 1. The van der Waals surface area contributed by atoms with Crippen LogP contribution in [0.3, 0.4) is 0 Å². The minimum Gasteiger partial charge on any atom is -0.398 e. The molecule has 6 nitrogen and oxygen atoms in total. The van der Waals surface area contributed by atoms with Crippen LogP contribution in [0.2, 0.25) is 10.0 Å². The van der Waals surface area contributed by atoms with Crippen LogP contribution < -0.4 is 10.6 Å². The second-order valence-corrected chi connectivity index (χ2v) is 9.42. The number of nitrogens with two attached hydrogens (primary N) is 1. The topological polar surface area (TPSA) is 61.0 Å². The van der Waals surface area contributed by atoms with Gasteiger partial charge in [-0.2, -0.15) is 0 Å². The molecule has 2 aliphatic rings. The monoisotopic (exact) mass is 502 g/mol. The molecule has 2 N–H and O–H groups in total. The molecule has 1 atom stereocenters. The molecule has 0 spiro atoms. The van der Waals surface area contributed by atoms with Crippen molar-refractivity contribution in [3.05, 3.63) is 76.4 Å². The van der Waals surface area contributed by atoms with E-state index in [0.29, 0.717) is 34.5 Å². The van der Waals surface area contributed by atoms with Gasteiger partial charge in [-0.15, -0.1) is 0 Å². The average Bonchev–Trinajstić information content (AvgIpc) is 3.36. The number of aliphatic imine (C=N–C) groups is 1. The molecule has 2 aliphatic heterocycles. The summed E-state index contributed by atoms with van der Waals surface area (Å²) in [6, 6.07) is 8.32. The summed E-state index contributed by atoms with van der Waals surface area (Å²) in [5.74, 6) is 1.68. The maximum atomic E-state index is 14.0. The van der Waals surface area contributed by atoms with E-state index in [4.69, 9.17) is 33.9 Å². The number of likely N-dealkylation sites (tertiary alicyclic amines) is 1. The first-order chi connectivity index (χ1) is 16.3. The van der Waals surface area contributed by atoms with Gasteiger partial charge in [-0.25, -0.2) is 14.4 Å². The summed E-state index contributed by atoms with van der Waals surface area (Å²) in [5, 5.41) is 0.694. The Morgan fingerprint density at radius 3 is 2.62 bits per heavy atom. The molecule has 2 saturated heterocycles. The SMILES string of the molecule is C=C(N=C(/C=C(\N)c1ccc(Cl)c(F)c1)N1CCN(c2ncccc2Cl)C[C@@H]1C)N1CCCC1. The Morgan fingerprint density at radius 1 is 1.18 bits per heavy atom. The predicted octanol–water partition coefficient (Wildman–Crippen LogP) is 5.00. The van der Waals surface area contributed by atoms with Gasteiger partial charge in [0, 0.05) is 62.3 Å². The summed E-state index contributed by atoms with van der Waals surface area (Å²) in [6.45, 7) is 10.3. The number of nitrogens with zero attached hydrogens (tertiary/aromatic N) is 5. The highest BCUT2D eigenvalue weighted by Crippen LogP contribution is 2.26. The maximum absolute atomic E-state index is 14.0. The molecule has 34 heavy (non-hydrogen) atoms. The third-order valence-corrected chi connectivity index (χ3v) is 6.81. The van der Waals surface area contributed by atoms with E-state index in [1.54, 1.807) is 18.3 Å². The number of hydrogen-bond acceptors (Lipinski definition) is 5. The zero-order valence-corrected chi connectivity index (χ0v) is 20.7. The molecule has 0 aliphatic carbocycles. The molecule has 9 heteroatoms. The van der Waals surface area contributed by atoms with E-state index < -0.39 is 5.82 Å². The van der Waals surface area contributed by atoms with E-state index >= 15 is 0 Å².